The summed E-state index contributed by atoms with van der Waals surface area (Å²) in [6.07, 6.45) is 3.95. The Bertz CT molecular complexity index is 637. The van der Waals surface area contributed by atoms with Gasteiger partial charge in [-0.3, -0.25) is 9.20 Å². The number of halogens is 1. The van der Waals surface area contributed by atoms with E-state index in [1.54, 1.807) is 7.05 Å². The number of benzene rings is 1. The molecule has 0 bridgehead atoms. The van der Waals surface area contributed by atoms with E-state index >= 15 is 0 Å². The number of guanidine groups is 1. The molecule has 0 aliphatic carbocycles. The van der Waals surface area contributed by atoms with Gasteiger partial charge in [0.15, 0.2) is 5.96 Å². The molecule has 1 atom stereocenters. The van der Waals surface area contributed by atoms with E-state index < -0.39 is 10.8 Å². The van der Waals surface area contributed by atoms with Crippen LogP contribution in [0, 0.1) is 0 Å². The summed E-state index contributed by atoms with van der Waals surface area (Å²) in [5, 5.41) is 3.33. The number of nitrogens with zero attached hydrogens (tertiary/aromatic N) is 3. The first-order chi connectivity index (χ1) is 12.8. The lowest BCUT2D eigenvalue weighted by Gasteiger charge is -2.29. The van der Waals surface area contributed by atoms with Gasteiger partial charge >= 0.3 is 0 Å². The van der Waals surface area contributed by atoms with E-state index in [1.807, 2.05) is 27.8 Å². The summed E-state index contributed by atoms with van der Waals surface area (Å²) in [6.45, 7) is 9.83. The van der Waals surface area contributed by atoms with E-state index in [9.17, 15) is 4.21 Å². The van der Waals surface area contributed by atoms with Gasteiger partial charge in [0.1, 0.15) is 0 Å². The minimum atomic E-state index is -0.853. The lowest BCUT2D eigenvalue weighted by Crippen LogP contribution is -2.41. The van der Waals surface area contributed by atoms with E-state index in [-0.39, 0.29) is 28.7 Å². The average molecular weight is 521 g/mol. The zero-order valence-electron chi connectivity index (χ0n) is 18.0. The Balaban J connectivity index is 0.00000392. The zero-order chi connectivity index (χ0) is 19.9. The van der Waals surface area contributed by atoms with Crippen molar-refractivity contribution in [2.45, 2.75) is 51.3 Å². The fraction of sp³-hybridized carbons (Fsp3) is 0.667. The van der Waals surface area contributed by atoms with Gasteiger partial charge in [0.25, 0.3) is 0 Å². The average Bonchev–Trinajstić information content (AvgIpc) is 2.65. The predicted octanol–water partition coefficient (Wildman–Crippen LogP) is 3.85. The molecule has 28 heavy (non-hydrogen) atoms. The Morgan fingerprint density at radius 1 is 1.18 bits per heavy atom. The smallest absolute Gasteiger partial charge is 0.193 e. The highest BCUT2D eigenvalue weighted by Gasteiger charge is 2.19. The predicted molar refractivity (Wildman–Crippen MR) is 134 cm³/mol. The maximum atomic E-state index is 12.2. The van der Waals surface area contributed by atoms with Crippen LogP contribution in [-0.2, 0) is 17.3 Å². The van der Waals surface area contributed by atoms with Crippen LogP contribution in [0.4, 0.5) is 5.69 Å². The van der Waals surface area contributed by atoms with Gasteiger partial charge in [-0.2, -0.15) is 0 Å². The van der Waals surface area contributed by atoms with Gasteiger partial charge in [0.2, 0.25) is 0 Å². The first kappa shape index (κ1) is 25.2. The van der Waals surface area contributed by atoms with E-state index in [2.05, 4.69) is 44.4 Å². The summed E-state index contributed by atoms with van der Waals surface area (Å²) in [5.74, 6) is 1.46. The van der Waals surface area contributed by atoms with Crippen molar-refractivity contribution in [3.63, 3.8) is 0 Å². The third-order valence-electron chi connectivity index (χ3n) is 4.90. The van der Waals surface area contributed by atoms with Gasteiger partial charge in [-0.1, -0.05) is 12.1 Å². The molecule has 5 nitrogen and oxygen atoms in total. The van der Waals surface area contributed by atoms with Crippen LogP contribution in [0.1, 0.15) is 45.6 Å². The van der Waals surface area contributed by atoms with Crippen LogP contribution in [0.2, 0.25) is 0 Å². The van der Waals surface area contributed by atoms with Crippen molar-refractivity contribution in [1.29, 1.82) is 0 Å². The second kappa shape index (κ2) is 12.0. The molecule has 1 fully saturated rings. The fourth-order valence-corrected chi connectivity index (χ4v) is 4.16. The summed E-state index contributed by atoms with van der Waals surface area (Å²) in [5.41, 5.74) is 2.59. The van der Waals surface area contributed by atoms with Crippen molar-refractivity contribution in [3.05, 3.63) is 29.8 Å². The number of rotatable bonds is 6. The SMILES string of the molecule is CN=C(NCCS(=O)C(C)(C)C)N(C)Cc1ccc(N2CCCCC2)cc1.I. The maximum absolute atomic E-state index is 12.2. The molecule has 0 saturated carbocycles. The highest BCUT2D eigenvalue weighted by Crippen LogP contribution is 2.20. The molecule has 1 heterocycles. The number of anilines is 1. The van der Waals surface area contributed by atoms with Crippen LogP contribution < -0.4 is 10.2 Å². The fourth-order valence-electron chi connectivity index (χ4n) is 3.26. The third-order valence-corrected chi connectivity index (χ3v) is 6.85. The summed E-state index contributed by atoms with van der Waals surface area (Å²) >= 11 is 0. The normalized spacial score (nSPS) is 16.3. The molecule has 2 rings (SSSR count). The van der Waals surface area contributed by atoms with Crippen LogP contribution in [0.5, 0.6) is 0 Å². The van der Waals surface area contributed by atoms with Gasteiger partial charge < -0.3 is 15.1 Å². The van der Waals surface area contributed by atoms with E-state index in [0.717, 1.165) is 12.5 Å². The molecular formula is C21H37IN4OS. The molecular weight excluding hydrogens is 483 g/mol. The lowest BCUT2D eigenvalue weighted by atomic mass is 10.1. The summed E-state index contributed by atoms with van der Waals surface area (Å²) in [7, 11) is 2.97. The van der Waals surface area contributed by atoms with E-state index in [4.69, 9.17) is 0 Å². The van der Waals surface area contributed by atoms with Gasteiger partial charge in [0, 0.05) is 67.3 Å². The standard InChI is InChI=1S/C21H36N4OS.HI/c1-21(2,3)27(26)16-13-23-20(22-4)24(5)17-18-9-11-19(12-10-18)25-14-7-6-8-15-25;/h9-12H,6-8,13-17H2,1-5H3,(H,22,23);1H. The first-order valence-electron chi connectivity index (χ1n) is 9.95. The van der Waals surface area contributed by atoms with E-state index in [1.165, 1.54) is 43.6 Å². The Kier molecular flexibility index (Phi) is 10.8. The molecule has 1 aromatic carbocycles. The minimum Gasteiger partial charge on any atom is -0.372 e. The van der Waals surface area contributed by atoms with Crippen molar-refractivity contribution in [3.8, 4) is 0 Å². The highest BCUT2D eigenvalue weighted by molar-refractivity contribution is 14.0. The number of nitrogens with one attached hydrogen (secondary N) is 1. The third kappa shape index (κ3) is 7.89. The van der Waals surface area contributed by atoms with Crippen molar-refractivity contribution < 1.29 is 4.21 Å². The van der Waals surface area contributed by atoms with Gasteiger partial charge in [-0.05, 0) is 57.7 Å². The summed E-state index contributed by atoms with van der Waals surface area (Å²) < 4.78 is 12.0. The molecule has 1 N–H and O–H groups in total. The molecule has 1 unspecified atom stereocenters. The Morgan fingerprint density at radius 2 is 1.79 bits per heavy atom. The van der Waals surface area contributed by atoms with Crippen LogP contribution in [0.25, 0.3) is 0 Å². The number of hydrogen-bond acceptors (Lipinski definition) is 3. The zero-order valence-corrected chi connectivity index (χ0v) is 21.2. The molecule has 0 spiro atoms. The summed E-state index contributed by atoms with van der Waals surface area (Å²) in [6, 6.07) is 8.89. The molecule has 1 saturated heterocycles. The van der Waals surface area contributed by atoms with Crippen molar-refractivity contribution in [2.24, 2.45) is 4.99 Å². The molecule has 160 valence electrons. The second-order valence-corrected chi connectivity index (χ2v) is 10.5. The lowest BCUT2D eigenvalue weighted by molar-refractivity contribution is 0.479. The molecule has 0 aromatic heterocycles. The van der Waals surface area contributed by atoms with Crippen LogP contribution >= 0.6 is 24.0 Å². The summed E-state index contributed by atoms with van der Waals surface area (Å²) in [4.78, 5) is 8.94. The largest absolute Gasteiger partial charge is 0.372 e. The van der Waals surface area contributed by atoms with Gasteiger partial charge in [0.05, 0.1) is 0 Å². The van der Waals surface area contributed by atoms with Crippen LogP contribution in [0.3, 0.4) is 0 Å². The molecule has 1 aliphatic rings. The highest BCUT2D eigenvalue weighted by atomic mass is 127. The maximum Gasteiger partial charge on any atom is 0.193 e. The first-order valence-corrected chi connectivity index (χ1v) is 11.3. The molecule has 0 radical (unpaired) electrons. The van der Waals surface area contributed by atoms with Crippen molar-refractivity contribution in [2.75, 3.05) is 44.4 Å². The second-order valence-electron chi connectivity index (χ2n) is 8.21. The number of aliphatic imine (C=N–C) groups is 1. The molecule has 1 aliphatic heterocycles. The van der Waals surface area contributed by atoms with Crippen molar-refractivity contribution >= 4 is 46.4 Å². The minimum absolute atomic E-state index is 0. The van der Waals surface area contributed by atoms with Crippen molar-refractivity contribution in [1.82, 2.24) is 10.2 Å². The number of piperidine rings is 1. The van der Waals surface area contributed by atoms with Crippen LogP contribution in [-0.4, -0.2) is 59.3 Å². The monoisotopic (exact) mass is 520 g/mol. The van der Waals surface area contributed by atoms with E-state index in [0.29, 0.717) is 12.3 Å². The Morgan fingerprint density at radius 3 is 2.32 bits per heavy atom. The quantitative estimate of drug-likeness (QED) is 0.352. The molecule has 1 aromatic rings. The number of hydrogen-bond donors (Lipinski definition) is 1. The molecule has 0 amide bonds. The Hall–Kier alpha value is -0.830. The molecule has 7 heteroatoms. The van der Waals surface area contributed by atoms with Gasteiger partial charge in [-0.25, -0.2) is 0 Å². The Labute approximate surface area is 190 Å². The van der Waals surface area contributed by atoms with Crippen LogP contribution in [0.15, 0.2) is 29.3 Å². The van der Waals surface area contributed by atoms with Gasteiger partial charge in [-0.15, -0.1) is 24.0 Å². The topological polar surface area (TPSA) is 47.9 Å².